The Kier molecular flexibility index (Phi) is 4.89. The smallest absolute Gasteiger partial charge is 0.435 e. The predicted molar refractivity (Wildman–Crippen MR) is 106 cm³/mol. The van der Waals surface area contributed by atoms with Crippen molar-refractivity contribution in [2.45, 2.75) is 63.9 Å². The lowest BCUT2D eigenvalue weighted by Gasteiger charge is -2.55. The van der Waals surface area contributed by atoms with Gasteiger partial charge in [0.05, 0.1) is 6.61 Å². The van der Waals surface area contributed by atoms with Gasteiger partial charge in [-0.05, 0) is 75.2 Å². The van der Waals surface area contributed by atoms with Crippen LogP contribution >= 0.6 is 0 Å². The van der Waals surface area contributed by atoms with Crippen LogP contribution in [0.3, 0.4) is 0 Å². The number of ether oxygens (including phenoxy) is 2. The average molecular weight is 383 g/mol. The molecule has 0 amide bonds. The molecule has 0 spiro atoms. The molecule has 4 aliphatic carbocycles. The van der Waals surface area contributed by atoms with Gasteiger partial charge in [-0.1, -0.05) is 17.6 Å². The molecule has 3 fully saturated rings. The summed E-state index contributed by atoms with van der Waals surface area (Å²) >= 11 is 0. The molecule has 0 radical (unpaired) electrons. The molecular formula is C24H30O4. The maximum atomic E-state index is 12.2. The van der Waals surface area contributed by atoms with Gasteiger partial charge in [-0.25, -0.2) is 4.79 Å². The van der Waals surface area contributed by atoms with Crippen molar-refractivity contribution in [2.75, 3.05) is 6.61 Å². The van der Waals surface area contributed by atoms with Crippen LogP contribution in [0.5, 0.6) is 0 Å². The second kappa shape index (κ2) is 7.10. The summed E-state index contributed by atoms with van der Waals surface area (Å²) < 4.78 is 10.9. The number of carbonyl (C=O) groups excluding carboxylic acids is 2. The molecule has 0 heterocycles. The molecular weight excluding hydrogens is 352 g/mol. The van der Waals surface area contributed by atoms with Crippen LogP contribution in [0, 0.1) is 41.4 Å². The highest BCUT2D eigenvalue weighted by Crippen LogP contribution is 2.66. The van der Waals surface area contributed by atoms with Crippen molar-refractivity contribution in [3.8, 4) is 12.3 Å². The lowest BCUT2D eigenvalue weighted by atomic mass is 9.50. The van der Waals surface area contributed by atoms with Gasteiger partial charge in [-0.15, -0.1) is 13.0 Å². The van der Waals surface area contributed by atoms with Crippen molar-refractivity contribution in [1.29, 1.82) is 0 Å². The highest BCUT2D eigenvalue weighted by atomic mass is 16.7. The van der Waals surface area contributed by atoms with Crippen molar-refractivity contribution >= 4 is 11.9 Å². The van der Waals surface area contributed by atoms with E-state index in [2.05, 4.69) is 12.5 Å². The first-order chi connectivity index (χ1) is 13.5. The Balaban J connectivity index is 1.64. The number of rotatable bonds is 3. The van der Waals surface area contributed by atoms with Gasteiger partial charge < -0.3 is 9.47 Å². The molecule has 4 aliphatic rings. The molecule has 0 N–H and O–H groups in total. The van der Waals surface area contributed by atoms with Crippen LogP contribution in [0.25, 0.3) is 0 Å². The molecule has 3 saturated carbocycles. The Bertz CT molecular complexity index is 759. The van der Waals surface area contributed by atoms with Gasteiger partial charge >= 0.3 is 6.16 Å². The molecule has 4 rings (SSSR count). The third-order valence-corrected chi connectivity index (χ3v) is 8.10. The molecule has 0 aromatic heterocycles. The van der Waals surface area contributed by atoms with Gasteiger partial charge in [0.15, 0.2) is 11.4 Å². The molecule has 4 heteroatoms. The number of terminal acetylenes is 1. The fraction of sp³-hybridized carbons (Fsp3) is 0.667. The lowest BCUT2D eigenvalue weighted by molar-refractivity contribution is -0.116. The first-order valence-corrected chi connectivity index (χ1v) is 10.7. The SMILES string of the molecule is C#C[C@]1(OC(=O)OCC)CCC2C3CCC4=CC(=O)CCC4C3CC[C@@]21C=C. The van der Waals surface area contributed by atoms with Crippen molar-refractivity contribution in [3.63, 3.8) is 0 Å². The van der Waals surface area contributed by atoms with Crippen LogP contribution in [0.15, 0.2) is 24.3 Å². The van der Waals surface area contributed by atoms with Gasteiger partial charge in [0.25, 0.3) is 0 Å². The number of hydrogen-bond acceptors (Lipinski definition) is 4. The van der Waals surface area contributed by atoms with Crippen LogP contribution in [0.2, 0.25) is 0 Å². The summed E-state index contributed by atoms with van der Waals surface area (Å²) in [4.78, 5) is 24.0. The summed E-state index contributed by atoms with van der Waals surface area (Å²) in [6, 6.07) is 0. The minimum Gasteiger partial charge on any atom is -0.435 e. The number of carbonyl (C=O) groups is 2. The van der Waals surface area contributed by atoms with E-state index in [0.717, 1.165) is 38.5 Å². The van der Waals surface area contributed by atoms with Gasteiger partial charge in [-0.2, -0.15) is 0 Å². The van der Waals surface area contributed by atoms with Crippen molar-refractivity contribution < 1.29 is 19.1 Å². The molecule has 6 atom stereocenters. The summed E-state index contributed by atoms with van der Waals surface area (Å²) in [6.07, 6.45) is 16.5. The minimum atomic E-state index is -0.963. The van der Waals surface area contributed by atoms with E-state index in [4.69, 9.17) is 15.9 Å². The zero-order valence-corrected chi connectivity index (χ0v) is 16.7. The molecule has 0 aliphatic heterocycles. The highest BCUT2D eigenvalue weighted by Gasteiger charge is 2.65. The molecule has 0 aromatic rings. The Labute approximate surface area is 167 Å². The second-order valence-corrected chi connectivity index (χ2v) is 8.88. The summed E-state index contributed by atoms with van der Waals surface area (Å²) in [5.41, 5.74) is 0.0176. The van der Waals surface area contributed by atoms with Crippen LogP contribution in [-0.2, 0) is 14.3 Å². The fourth-order valence-corrected chi connectivity index (χ4v) is 7.00. The largest absolute Gasteiger partial charge is 0.509 e. The normalized spacial score (nSPS) is 41.6. The molecule has 4 nitrogen and oxygen atoms in total. The Morgan fingerprint density at radius 2 is 2.11 bits per heavy atom. The fourth-order valence-electron chi connectivity index (χ4n) is 7.00. The van der Waals surface area contributed by atoms with Crippen LogP contribution in [0.1, 0.15) is 58.3 Å². The van der Waals surface area contributed by atoms with Gasteiger partial charge in [0, 0.05) is 18.3 Å². The number of allylic oxidation sites excluding steroid dienone is 1. The molecule has 28 heavy (non-hydrogen) atoms. The van der Waals surface area contributed by atoms with Crippen LogP contribution in [0.4, 0.5) is 4.79 Å². The third-order valence-electron chi connectivity index (χ3n) is 8.10. The summed E-state index contributed by atoms with van der Waals surface area (Å²) in [5.74, 6) is 5.20. The van der Waals surface area contributed by atoms with E-state index in [1.165, 1.54) is 5.57 Å². The van der Waals surface area contributed by atoms with Crippen LogP contribution in [-0.4, -0.2) is 24.1 Å². The summed E-state index contributed by atoms with van der Waals surface area (Å²) in [5, 5.41) is 0. The average Bonchev–Trinajstić information content (AvgIpc) is 3.02. The first-order valence-electron chi connectivity index (χ1n) is 10.7. The minimum absolute atomic E-state index is 0.268. The van der Waals surface area contributed by atoms with E-state index in [-0.39, 0.29) is 17.8 Å². The molecule has 0 aromatic carbocycles. The first kappa shape index (κ1) is 19.3. The van der Waals surface area contributed by atoms with Crippen molar-refractivity contribution in [1.82, 2.24) is 0 Å². The monoisotopic (exact) mass is 382 g/mol. The van der Waals surface area contributed by atoms with E-state index in [0.29, 0.717) is 36.5 Å². The Hall–Kier alpha value is -2.02. The van der Waals surface area contributed by atoms with Gasteiger partial charge in [0.1, 0.15) is 0 Å². The van der Waals surface area contributed by atoms with E-state index in [1.807, 2.05) is 12.2 Å². The number of fused-ring (bicyclic) bond motifs is 5. The molecule has 0 bridgehead atoms. The van der Waals surface area contributed by atoms with E-state index < -0.39 is 11.8 Å². The van der Waals surface area contributed by atoms with Crippen molar-refractivity contribution in [2.24, 2.45) is 29.1 Å². The quantitative estimate of drug-likeness (QED) is 0.398. The van der Waals surface area contributed by atoms with Crippen LogP contribution < -0.4 is 0 Å². The lowest BCUT2D eigenvalue weighted by Crippen LogP contribution is -2.54. The van der Waals surface area contributed by atoms with E-state index in [9.17, 15) is 9.59 Å². The summed E-state index contributed by atoms with van der Waals surface area (Å²) in [7, 11) is 0. The highest BCUT2D eigenvalue weighted by molar-refractivity contribution is 5.91. The number of hydrogen-bond donors (Lipinski definition) is 0. The predicted octanol–water partition coefficient (Wildman–Crippen LogP) is 4.84. The molecule has 150 valence electrons. The van der Waals surface area contributed by atoms with Gasteiger partial charge in [0.2, 0.25) is 0 Å². The standard InChI is InChI=1S/C24H30O4/c1-4-23-13-11-19-18-10-8-17(25)15-16(18)7-9-20(19)21(23)12-14-24(23,5-2)28-22(26)27-6-3/h2,4,15,18-21H,1,6-14H2,3H3/t18?,19?,20?,21?,23-,24-/m0/s1. The second-order valence-electron chi connectivity index (χ2n) is 8.88. The van der Waals surface area contributed by atoms with Crippen molar-refractivity contribution in [3.05, 3.63) is 24.3 Å². The molecule has 0 saturated heterocycles. The molecule has 4 unspecified atom stereocenters. The summed E-state index contributed by atoms with van der Waals surface area (Å²) in [6.45, 7) is 6.19. The zero-order valence-electron chi connectivity index (χ0n) is 16.7. The van der Waals surface area contributed by atoms with E-state index >= 15 is 0 Å². The Morgan fingerprint density at radius 1 is 1.29 bits per heavy atom. The number of ketones is 1. The van der Waals surface area contributed by atoms with Gasteiger partial charge in [-0.3, -0.25) is 4.79 Å². The maximum Gasteiger partial charge on any atom is 0.509 e. The van der Waals surface area contributed by atoms with E-state index in [1.54, 1.807) is 6.92 Å². The third kappa shape index (κ3) is 2.66. The Morgan fingerprint density at radius 3 is 2.82 bits per heavy atom. The zero-order chi connectivity index (χ0) is 19.9. The topological polar surface area (TPSA) is 52.6 Å². The maximum absolute atomic E-state index is 12.2.